The van der Waals surface area contributed by atoms with E-state index in [-0.39, 0.29) is 12.6 Å². The molecule has 2 aromatic carbocycles. The molecule has 0 unspecified atom stereocenters. The van der Waals surface area contributed by atoms with Gasteiger partial charge in [-0.25, -0.2) is 4.79 Å². The number of esters is 1. The number of rotatable bonds is 9. The summed E-state index contributed by atoms with van der Waals surface area (Å²) in [6, 6.07) is 16.9. The van der Waals surface area contributed by atoms with Crippen molar-refractivity contribution in [2.75, 3.05) is 27.3 Å². The summed E-state index contributed by atoms with van der Waals surface area (Å²) in [5, 5.41) is 0. The van der Waals surface area contributed by atoms with E-state index in [1.807, 2.05) is 0 Å². The van der Waals surface area contributed by atoms with Gasteiger partial charge in [0.25, 0.3) is 0 Å². The number of carbonyl (C=O) groups excluding carboxylic acids is 1. The van der Waals surface area contributed by atoms with Gasteiger partial charge in [-0.05, 0) is 43.3 Å². The molecule has 4 nitrogen and oxygen atoms in total. The molecule has 0 aliphatic heterocycles. The Kier molecular flexibility index (Phi) is 7.57. The second kappa shape index (κ2) is 9.90. The molecule has 26 heavy (non-hydrogen) atoms. The Balaban J connectivity index is 1.80. The van der Waals surface area contributed by atoms with Gasteiger partial charge in [0.15, 0.2) is 0 Å². The molecule has 0 bridgehead atoms. The van der Waals surface area contributed by atoms with Crippen LogP contribution in [0.15, 0.2) is 60.7 Å². The quantitative estimate of drug-likeness (QED) is 0.387. The normalized spacial score (nSPS) is 10.8. The lowest BCUT2D eigenvalue weighted by Crippen LogP contribution is -2.10. The highest BCUT2D eigenvalue weighted by atomic mass is 16.6. The van der Waals surface area contributed by atoms with E-state index in [0.717, 1.165) is 12.1 Å². The largest absolute Gasteiger partial charge is 0.460 e. The van der Waals surface area contributed by atoms with Gasteiger partial charge < -0.3 is 14.4 Å². The van der Waals surface area contributed by atoms with E-state index in [0.29, 0.717) is 18.8 Å². The molecule has 0 spiro atoms. The highest BCUT2D eigenvalue weighted by Gasteiger charge is 2.03. The van der Waals surface area contributed by atoms with E-state index in [1.165, 1.54) is 16.7 Å². The molecule has 0 heterocycles. The predicted molar refractivity (Wildman–Crippen MR) is 105 cm³/mol. The molecule has 0 fully saturated rings. The number of nitrogens with zero attached hydrogens (tertiary/aromatic N) is 1. The Labute approximate surface area is 156 Å². The third-order valence-electron chi connectivity index (χ3n) is 3.82. The topological polar surface area (TPSA) is 38.8 Å². The summed E-state index contributed by atoms with van der Waals surface area (Å²) in [5.74, 6) is -0.380. The van der Waals surface area contributed by atoms with Gasteiger partial charge in [0, 0.05) is 12.1 Å². The molecule has 0 radical (unpaired) electrons. The Hall–Kier alpha value is -2.43. The van der Waals surface area contributed by atoms with E-state index in [4.69, 9.17) is 9.47 Å². The first-order valence-electron chi connectivity index (χ1n) is 8.69. The maximum Gasteiger partial charge on any atom is 0.333 e. The van der Waals surface area contributed by atoms with E-state index in [2.05, 4.69) is 74.1 Å². The van der Waals surface area contributed by atoms with Gasteiger partial charge in [-0.3, -0.25) is 0 Å². The van der Waals surface area contributed by atoms with Crippen LogP contribution in [-0.2, 0) is 27.4 Å². The van der Waals surface area contributed by atoms with Crippen LogP contribution in [0.4, 0.5) is 0 Å². The molecule has 0 aromatic heterocycles. The van der Waals surface area contributed by atoms with Crippen molar-refractivity contribution in [3.8, 4) is 11.1 Å². The zero-order chi connectivity index (χ0) is 18.9. The van der Waals surface area contributed by atoms with Crippen LogP contribution in [-0.4, -0.2) is 38.2 Å². The van der Waals surface area contributed by atoms with Crippen LogP contribution in [0.5, 0.6) is 0 Å². The summed E-state index contributed by atoms with van der Waals surface area (Å²) in [6.45, 7) is 7.20. The summed E-state index contributed by atoms with van der Waals surface area (Å²) in [6.07, 6.45) is 0. The first kappa shape index (κ1) is 19.9. The lowest BCUT2D eigenvalue weighted by Gasteiger charge is -2.10. The van der Waals surface area contributed by atoms with Crippen molar-refractivity contribution in [3.05, 3.63) is 71.8 Å². The lowest BCUT2D eigenvalue weighted by molar-refractivity contribution is -0.140. The number of hydrogen-bond acceptors (Lipinski definition) is 4. The van der Waals surface area contributed by atoms with Crippen LogP contribution in [0.2, 0.25) is 0 Å². The molecule has 0 N–H and O–H groups in total. The standard InChI is InChI=1S/C22H27NO3/c1-17(2)22(24)26-14-13-25-16-19-7-11-21(12-8-19)20-9-5-18(6-10-20)15-23(3)4/h5-12H,1,13-16H2,2-4H3. The van der Waals surface area contributed by atoms with Crippen LogP contribution in [0.1, 0.15) is 18.1 Å². The fourth-order valence-electron chi connectivity index (χ4n) is 2.47. The molecule has 0 amide bonds. The number of benzene rings is 2. The average Bonchev–Trinajstić information content (AvgIpc) is 2.62. The molecule has 0 aliphatic rings. The average molecular weight is 353 g/mol. The molecule has 0 saturated heterocycles. The zero-order valence-corrected chi connectivity index (χ0v) is 15.8. The molecule has 2 rings (SSSR count). The maximum absolute atomic E-state index is 11.2. The number of carbonyl (C=O) groups is 1. The summed E-state index contributed by atoms with van der Waals surface area (Å²) in [5.41, 5.74) is 5.17. The minimum absolute atomic E-state index is 0.239. The predicted octanol–water partition coefficient (Wildman–Crippen LogP) is 4.05. The summed E-state index contributed by atoms with van der Waals surface area (Å²) >= 11 is 0. The molecule has 0 aliphatic carbocycles. The fraction of sp³-hybridized carbons (Fsp3) is 0.318. The van der Waals surface area contributed by atoms with Crippen molar-refractivity contribution in [1.29, 1.82) is 0 Å². The minimum atomic E-state index is -0.380. The Bertz CT molecular complexity index is 718. The number of hydrogen-bond donors (Lipinski definition) is 0. The van der Waals surface area contributed by atoms with Crippen molar-refractivity contribution in [3.63, 3.8) is 0 Å². The Morgan fingerprint density at radius 3 is 1.96 bits per heavy atom. The summed E-state index contributed by atoms with van der Waals surface area (Å²) in [4.78, 5) is 13.4. The van der Waals surface area contributed by atoms with Crippen molar-refractivity contribution in [1.82, 2.24) is 4.90 Å². The van der Waals surface area contributed by atoms with Gasteiger partial charge in [0.05, 0.1) is 13.2 Å². The van der Waals surface area contributed by atoms with Crippen LogP contribution in [0.25, 0.3) is 11.1 Å². The highest BCUT2D eigenvalue weighted by molar-refractivity contribution is 5.86. The smallest absolute Gasteiger partial charge is 0.333 e. The summed E-state index contributed by atoms with van der Waals surface area (Å²) in [7, 11) is 4.14. The maximum atomic E-state index is 11.2. The van der Waals surface area contributed by atoms with Gasteiger partial charge in [0.2, 0.25) is 0 Å². The van der Waals surface area contributed by atoms with E-state index >= 15 is 0 Å². The zero-order valence-electron chi connectivity index (χ0n) is 15.8. The van der Waals surface area contributed by atoms with Gasteiger partial charge in [-0.2, -0.15) is 0 Å². The van der Waals surface area contributed by atoms with Crippen molar-refractivity contribution in [2.24, 2.45) is 0 Å². The van der Waals surface area contributed by atoms with Gasteiger partial charge in [-0.15, -0.1) is 0 Å². The van der Waals surface area contributed by atoms with Gasteiger partial charge in [0.1, 0.15) is 6.61 Å². The van der Waals surface area contributed by atoms with Crippen molar-refractivity contribution >= 4 is 5.97 Å². The molecule has 2 aromatic rings. The molecule has 4 heteroatoms. The van der Waals surface area contributed by atoms with Crippen molar-refractivity contribution < 1.29 is 14.3 Å². The Morgan fingerprint density at radius 1 is 0.923 bits per heavy atom. The lowest BCUT2D eigenvalue weighted by atomic mass is 10.0. The first-order chi connectivity index (χ1) is 12.5. The number of ether oxygens (including phenoxy) is 2. The molecule has 0 atom stereocenters. The third kappa shape index (κ3) is 6.47. The molecule has 0 saturated carbocycles. The molecule has 138 valence electrons. The second-order valence-corrected chi connectivity index (χ2v) is 6.60. The van der Waals surface area contributed by atoms with Gasteiger partial charge in [-0.1, -0.05) is 55.1 Å². The highest BCUT2D eigenvalue weighted by Crippen LogP contribution is 2.21. The minimum Gasteiger partial charge on any atom is -0.460 e. The Morgan fingerprint density at radius 2 is 1.46 bits per heavy atom. The summed E-state index contributed by atoms with van der Waals surface area (Å²) < 4.78 is 10.5. The SMILES string of the molecule is C=C(C)C(=O)OCCOCc1ccc(-c2ccc(CN(C)C)cc2)cc1. The second-order valence-electron chi connectivity index (χ2n) is 6.60. The van der Waals surface area contributed by atoms with E-state index in [9.17, 15) is 4.79 Å². The first-order valence-corrected chi connectivity index (χ1v) is 8.69. The van der Waals surface area contributed by atoms with Crippen molar-refractivity contribution in [2.45, 2.75) is 20.1 Å². The van der Waals surface area contributed by atoms with E-state index < -0.39 is 0 Å². The van der Waals surface area contributed by atoms with E-state index in [1.54, 1.807) is 6.92 Å². The molecular formula is C22H27NO3. The van der Waals surface area contributed by atoms with Crippen LogP contribution in [0, 0.1) is 0 Å². The monoisotopic (exact) mass is 353 g/mol. The van der Waals surface area contributed by atoms with Crippen LogP contribution in [0.3, 0.4) is 0 Å². The van der Waals surface area contributed by atoms with Crippen LogP contribution >= 0.6 is 0 Å². The third-order valence-corrected chi connectivity index (χ3v) is 3.82. The molecular weight excluding hydrogens is 326 g/mol. The van der Waals surface area contributed by atoms with Crippen LogP contribution < -0.4 is 0 Å². The fourth-order valence-corrected chi connectivity index (χ4v) is 2.47. The van der Waals surface area contributed by atoms with Gasteiger partial charge >= 0.3 is 5.97 Å².